The fourth-order valence-corrected chi connectivity index (χ4v) is 1.07. The number of carbonyl (C=O) groups is 1. The van der Waals surface area contributed by atoms with E-state index in [0.29, 0.717) is 6.54 Å². The zero-order chi connectivity index (χ0) is 12.5. The maximum atomic E-state index is 11.3. The lowest BCUT2D eigenvalue weighted by atomic mass is 10.2. The first kappa shape index (κ1) is 12.8. The number of guanidine groups is 1. The molecule has 5 nitrogen and oxygen atoms in total. The van der Waals surface area contributed by atoms with Gasteiger partial charge in [0.05, 0.1) is 6.54 Å². The Morgan fingerprint density at radius 2 is 2.18 bits per heavy atom. The highest BCUT2D eigenvalue weighted by molar-refractivity contribution is 5.92. The number of nitrogens with two attached hydrogens (primary N) is 1. The Bertz CT molecular complexity index is 401. The van der Waals surface area contributed by atoms with Crippen molar-refractivity contribution in [2.45, 2.75) is 6.61 Å². The van der Waals surface area contributed by atoms with Crippen LogP contribution < -0.4 is 11.1 Å². The first-order chi connectivity index (χ1) is 8.22. The molecular weight excluding hydrogens is 218 g/mol. The van der Waals surface area contributed by atoms with Gasteiger partial charge in [-0.05, 0) is 5.56 Å². The maximum Gasteiger partial charge on any atom is 0.414 e. The molecule has 3 N–H and O–H groups in total. The Kier molecular flexibility index (Phi) is 5.30. The van der Waals surface area contributed by atoms with E-state index < -0.39 is 6.09 Å². The molecule has 1 rings (SSSR count). The highest BCUT2D eigenvalue weighted by Crippen LogP contribution is 2.00. The van der Waals surface area contributed by atoms with Crippen LogP contribution in [0.1, 0.15) is 5.56 Å². The highest BCUT2D eigenvalue weighted by Gasteiger charge is 2.03. The fourth-order valence-electron chi connectivity index (χ4n) is 1.07. The van der Waals surface area contributed by atoms with E-state index in [0.717, 1.165) is 5.56 Å². The van der Waals surface area contributed by atoms with Crippen LogP contribution in [0.5, 0.6) is 0 Å². The van der Waals surface area contributed by atoms with Gasteiger partial charge in [-0.2, -0.15) is 0 Å². The number of nitrogens with zero attached hydrogens (tertiary/aromatic N) is 1. The molecule has 0 saturated heterocycles. The van der Waals surface area contributed by atoms with Gasteiger partial charge >= 0.3 is 6.09 Å². The Morgan fingerprint density at radius 3 is 2.82 bits per heavy atom. The van der Waals surface area contributed by atoms with Crippen molar-refractivity contribution in [2.75, 3.05) is 6.54 Å². The zero-order valence-corrected chi connectivity index (χ0v) is 9.43. The standard InChI is InChI=1S/C12H15N3O2/c1-2-8-14-11(13)15-12(16)17-9-10-6-4-3-5-7-10/h2-7H,1,8-9H2,(H3,13,14,15,16). The van der Waals surface area contributed by atoms with Gasteiger partial charge in [0.25, 0.3) is 0 Å². The van der Waals surface area contributed by atoms with Crippen LogP contribution in [-0.4, -0.2) is 18.6 Å². The van der Waals surface area contributed by atoms with E-state index in [1.165, 1.54) is 0 Å². The third-order valence-electron chi connectivity index (χ3n) is 1.83. The number of nitrogens with one attached hydrogen (secondary N) is 1. The third-order valence-corrected chi connectivity index (χ3v) is 1.83. The van der Waals surface area contributed by atoms with Gasteiger partial charge in [0.15, 0.2) is 5.96 Å². The minimum absolute atomic E-state index is 0.0166. The van der Waals surface area contributed by atoms with E-state index in [2.05, 4.69) is 16.9 Å². The van der Waals surface area contributed by atoms with Crippen LogP contribution in [0.2, 0.25) is 0 Å². The van der Waals surface area contributed by atoms with E-state index >= 15 is 0 Å². The number of aliphatic imine (C=N–C) groups is 1. The predicted octanol–water partition coefficient (Wildman–Crippen LogP) is 1.41. The molecule has 0 aliphatic rings. The molecule has 0 saturated carbocycles. The lowest BCUT2D eigenvalue weighted by Gasteiger charge is -2.06. The van der Waals surface area contributed by atoms with E-state index in [4.69, 9.17) is 10.5 Å². The van der Waals surface area contributed by atoms with Crippen molar-refractivity contribution in [3.8, 4) is 0 Å². The lowest BCUT2D eigenvalue weighted by molar-refractivity contribution is 0.145. The molecule has 1 aromatic rings. The fraction of sp³-hybridized carbons (Fsp3) is 0.167. The van der Waals surface area contributed by atoms with Crippen LogP contribution in [0.15, 0.2) is 48.0 Å². The van der Waals surface area contributed by atoms with Gasteiger partial charge in [-0.1, -0.05) is 36.4 Å². The monoisotopic (exact) mass is 233 g/mol. The van der Waals surface area contributed by atoms with Gasteiger partial charge in [-0.25, -0.2) is 9.79 Å². The summed E-state index contributed by atoms with van der Waals surface area (Å²) >= 11 is 0. The second kappa shape index (κ2) is 7.05. The molecular formula is C12H15N3O2. The summed E-state index contributed by atoms with van der Waals surface area (Å²) in [5.41, 5.74) is 6.33. The largest absolute Gasteiger partial charge is 0.444 e. The zero-order valence-electron chi connectivity index (χ0n) is 9.43. The average molecular weight is 233 g/mol. The Balaban J connectivity index is 2.33. The molecule has 0 atom stereocenters. The molecule has 90 valence electrons. The molecule has 1 aromatic carbocycles. The number of rotatable bonds is 4. The maximum absolute atomic E-state index is 11.3. The summed E-state index contributed by atoms with van der Waals surface area (Å²) in [5.74, 6) is 0.0166. The van der Waals surface area contributed by atoms with E-state index in [1.807, 2.05) is 30.3 Å². The Morgan fingerprint density at radius 1 is 1.47 bits per heavy atom. The van der Waals surface area contributed by atoms with Crippen LogP contribution in [-0.2, 0) is 11.3 Å². The van der Waals surface area contributed by atoms with Crippen molar-refractivity contribution in [2.24, 2.45) is 10.7 Å². The second-order valence-electron chi connectivity index (χ2n) is 3.20. The minimum Gasteiger partial charge on any atom is -0.444 e. The lowest BCUT2D eigenvalue weighted by Crippen LogP contribution is -2.37. The number of amides is 1. The summed E-state index contributed by atoms with van der Waals surface area (Å²) in [6, 6.07) is 9.36. The number of benzene rings is 1. The molecule has 0 aromatic heterocycles. The molecule has 0 aliphatic heterocycles. The van der Waals surface area contributed by atoms with Gasteiger partial charge in [-0.15, -0.1) is 6.58 Å². The molecule has 0 aliphatic carbocycles. The number of alkyl carbamates (subject to hydrolysis) is 1. The van der Waals surface area contributed by atoms with Crippen LogP contribution in [0.3, 0.4) is 0 Å². The molecule has 5 heteroatoms. The molecule has 0 fully saturated rings. The van der Waals surface area contributed by atoms with Crippen LogP contribution in [0.4, 0.5) is 4.79 Å². The van der Waals surface area contributed by atoms with Crippen molar-refractivity contribution in [3.05, 3.63) is 48.6 Å². The Labute approximate surface area is 100.0 Å². The third kappa shape index (κ3) is 5.36. The molecule has 0 spiro atoms. The van der Waals surface area contributed by atoms with E-state index in [-0.39, 0.29) is 12.6 Å². The highest BCUT2D eigenvalue weighted by atomic mass is 16.5. The van der Waals surface area contributed by atoms with Gasteiger partial charge in [0.1, 0.15) is 6.61 Å². The van der Waals surface area contributed by atoms with Crippen LogP contribution in [0.25, 0.3) is 0 Å². The van der Waals surface area contributed by atoms with E-state index in [9.17, 15) is 4.79 Å². The van der Waals surface area contributed by atoms with Crippen molar-refractivity contribution in [1.29, 1.82) is 0 Å². The molecule has 0 heterocycles. The summed E-state index contributed by atoms with van der Waals surface area (Å²) in [7, 11) is 0. The van der Waals surface area contributed by atoms with Gasteiger partial charge in [0, 0.05) is 0 Å². The van der Waals surface area contributed by atoms with Crippen molar-refractivity contribution >= 4 is 12.1 Å². The number of ether oxygens (including phenoxy) is 1. The summed E-state index contributed by atoms with van der Waals surface area (Å²) in [6.07, 6.45) is 0.947. The predicted molar refractivity (Wildman–Crippen MR) is 66.4 cm³/mol. The van der Waals surface area contributed by atoms with Gasteiger partial charge in [0.2, 0.25) is 0 Å². The molecule has 0 unspecified atom stereocenters. The summed E-state index contributed by atoms with van der Waals surface area (Å²) < 4.78 is 4.94. The SMILES string of the molecule is C=CCN=C(N)NC(=O)OCc1ccccc1. The molecule has 0 radical (unpaired) electrons. The van der Waals surface area contributed by atoms with Crippen molar-refractivity contribution in [1.82, 2.24) is 5.32 Å². The minimum atomic E-state index is -0.626. The van der Waals surface area contributed by atoms with Crippen molar-refractivity contribution in [3.63, 3.8) is 0 Å². The average Bonchev–Trinajstić information content (AvgIpc) is 2.35. The normalized spacial score (nSPS) is 10.7. The summed E-state index contributed by atoms with van der Waals surface area (Å²) in [6.45, 7) is 4.03. The van der Waals surface area contributed by atoms with E-state index in [1.54, 1.807) is 6.08 Å². The summed E-state index contributed by atoms with van der Waals surface area (Å²) in [5, 5.41) is 2.30. The van der Waals surface area contributed by atoms with Crippen LogP contribution in [0, 0.1) is 0 Å². The van der Waals surface area contributed by atoms with Crippen LogP contribution >= 0.6 is 0 Å². The quantitative estimate of drug-likeness (QED) is 0.469. The number of hydrogen-bond donors (Lipinski definition) is 2. The topological polar surface area (TPSA) is 76.7 Å². The van der Waals surface area contributed by atoms with Gasteiger partial charge < -0.3 is 10.5 Å². The first-order valence-corrected chi connectivity index (χ1v) is 5.11. The molecule has 17 heavy (non-hydrogen) atoms. The second-order valence-corrected chi connectivity index (χ2v) is 3.20. The Hall–Kier alpha value is -2.30. The number of hydrogen-bond acceptors (Lipinski definition) is 3. The van der Waals surface area contributed by atoms with Gasteiger partial charge in [-0.3, -0.25) is 5.32 Å². The molecule has 0 bridgehead atoms. The van der Waals surface area contributed by atoms with Crippen molar-refractivity contribution < 1.29 is 9.53 Å². The smallest absolute Gasteiger partial charge is 0.414 e. The molecule has 1 amide bonds. The number of carbonyl (C=O) groups excluding carboxylic acids is 1. The summed E-state index contributed by atoms with van der Waals surface area (Å²) in [4.78, 5) is 15.1. The first-order valence-electron chi connectivity index (χ1n) is 5.11.